The number of fused-ring (bicyclic) bond motifs is 1. The number of aromatic nitrogens is 2. The van der Waals surface area contributed by atoms with Gasteiger partial charge in [0.25, 0.3) is 0 Å². The first-order chi connectivity index (χ1) is 9.76. The highest BCUT2D eigenvalue weighted by atomic mass is 16.7. The van der Waals surface area contributed by atoms with Gasteiger partial charge in [0.1, 0.15) is 0 Å². The van der Waals surface area contributed by atoms with Gasteiger partial charge in [0, 0.05) is 24.0 Å². The van der Waals surface area contributed by atoms with E-state index in [1.165, 1.54) is 0 Å². The van der Waals surface area contributed by atoms with Crippen LogP contribution in [0.3, 0.4) is 0 Å². The third-order valence-corrected chi connectivity index (χ3v) is 3.55. The summed E-state index contributed by atoms with van der Waals surface area (Å²) in [5.41, 5.74) is 2.04. The Labute approximate surface area is 118 Å². The van der Waals surface area contributed by atoms with Gasteiger partial charge in [-0.2, -0.15) is 5.10 Å². The zero-order valence-corrected chi connectivity index (χ0v) is 11.8. The molecule has 20 heavy (non-hydrogen) atoms. The monoisotopic (exact) mass is 273 g/mol. The quantitative estimate of drug-likeness (QED) is 0.909. The number of hydrogen-bond donors (Lipinski definition) is 1. The van der Waals surface area contributed by atoms with Crippen molar-refractivity contribution < 1.29 is 9.47 Å². The molecule has 1 atom stereocenters. The predicted octanol–water partition coefficient (Wildman–Crippen LogP) is 3.19. The molecule has 1 aliphatic rings. The third kappa shape index (κ3) is 2.57. The Hall–Kier alpha value is -2.17. The Morgan fingerprint density at radius 1 is 1.30 bits per heavy atom. The Morgan fingerprint density at radius 2 is 2.15 bits per heavy atom. The summed E-state index contributed by atoms with van der Waals surface area (Å²) in [7, 11) is 0. The molecule has 2 heterocycles. The SMILES string of the molecule is CCC(C)n1ccc(CNc2ccc3c(c2)OCO3)n1. The topological polar surface area (TPSA) is 48.3 Å². The van der Waals surface area contributed by atoms with Crippen molar-refractivity contribution in [1.82, 2.24) is 9.78 Å². The molecule has 0 amide bonds. The molecule has 1 unspecified atom stereocenters. The molecule has 3 rings (SSSR count). The van der Waals surface area contributed by atoms with Crippen LogP contribution < -0.4 is 14.8 Å². The molecule has 5 nitrogen and oxygen atoms in total. The van der Waals surface area contributed by atoms with E-state index in [1.807, 2.05) is 35.1 Å². The summed E-state index contributed by atoms with van der Waals surface area (Å²) in [5.74, 6) is 1.59. The Balaban J connectivity index is 1.63. The van der Waals surface area contributed by atoms with Crippen LogP contribution in [0.25, 0.3) is 0 Å². The van der Waals surface area contributed by atoms with Crippen molar-refractivity contribution in [2.45, 2.75) is 32.9 Å². The smallest absolute Gasteiger partial charge is 0.231 e. The van der Waals surface area contributed by atoms with Crippen LogP contribution in [0.1, 0.15) is 32.0 Å². The van der Waals surface area contributed by atoms with E-state index in [0.717, 1.165) is 29.3 Å². The van der Waals surface area contributed by atoms with Gasteiger partial charge in [-0.05, 0) is 31.5 Å². The van der Waals surface area contributed by atoms with E-state index in [4.69, 9.17) is 9.47 Å². The third-order valence-electron chi connectivity index (χ3n) is 3.55. The van der Waals surface area contributed by atoms with E-state index in [0.29, 0.717) is 19.4 Å². The van der Waals surface area contributed by atoms with Gasteiger partial charge < -0.3 is 14.8 Å². The van der Waals surface area contributed by atoms with Crippen LogP contribution in [-0.4, -0.2) is 16.6 Å². The molecule has 1 aromatic carbocycles. The second-order valence-electron chi connectivity index (χ2n) is 4.97. The lowest BCUT2D eigenvalue weighted by atomic mass is 10.2. The van der Waals surface area contributed by atoms with Gasteiger partial charge in [-0.3, -0.25) is 4.68 Å². The van der Waals surface area contributed by atoms with E-state index >= 15 is 0 Å². The molecule has 106 valence electrons. The van der Waals surface area contributed by atoms with Crippen LogP contribution in [0.4, 0.5) is 5.69 Å². The maximum absolute atomic E-state index is 5.36. The van der Waals surface area contributed by atoms with E-state index in [-0.39, 0.29) is 0 Å². The zero-order valence-electron chi connectivity index (χ0n) is 11.8. The lowest BCUT2D eigenvalue weighted by molar-refractivity contribution is 0.174. The number of rotatable bonds is 5. The number of nitrogens with one attached hydrogen (secondary N) is 1. The Kier molecular flexibility index (Phi) is 3.50. The molecule has 0 radical (unpaired) electrons. The molecule has 0 saturated heterocycles. The predicted molar refractivity (Wildman–Crippen MR) is 77.1 cm³/mol. The van der Waals surface area contributed by atoms with Gasteiger partial charge in [-0.1, -0.05) is 6.92 Å². The molecule has 0 spiro atoms. The molecule has 0 saturated carbocycles. The van der Waals surface area contributed by atoms with Crippen LogP contribution in [0.15, 0.2) is 30.5 Å². The normalized spacial score (nSPS) is 14.3. The molecule has 1 N–H and O–H groups in total. The Morgan fingerprint density at radius 3 is 3.00 bits per heavy atom. The number of anilines is 1. The number of benzene rings is 1. The van der Waals surface area contributed by atoms with Crippen molar-refractivity contribution in [3.8, 4) is 11.5 Å². The van der Waals surface area contributed by atoms with Crippen molar-refractivity contribution in [3.05, 3.63) is 36.2 Å². The summed E-state index contributed by atoms with van der Waals surface area (Å²) in [6.45, 7) is 5.33. The number of ether oxygens (including phenoxy) is 2. The largest absolute Gasteiger partial charge is 0.454 e. The fourth-order valence-electron chi connectivity index (χ4n) is 2.10. The van der Waals surface area contributed by atoms with Crippen LogP contribution in [0.5, 0.6) is 11.5 Å². The minimum Gasteiger partial charge on any atom is -0.454 e. The van der Waals surface area contributed by atoms with Gasteiger partial charge in [-0.15, -0.1) is 0 Å². The van der Waals surface area contributed by atoms with Gasteiger partial charge in [0.2, 0.25) is 6.79 Å². The molecular formula is C15H19N3O2. The molecule has 1 aromatic heterocycles. The second-order valence-corrected chi connectivity index (χ2v) is 4.97. The summed E-state index contributed by atoms with van der Waals surface area (Å²) in [4.78, 5) is 0. The molecule has 5 heteroatoms. The van der Waals surface area contributed by atoms with Gasteiger partial charge >= 0.3 is 0 Å². The molecular weight excluding hydrogens is 254 g/mol. The lowest BCUT2D eigenvalue weighted by Gasteiger charge is -2.08. The zero-order chi connectivity index (χ0) is 13.9. The minimum absolute atomic E-state index is 0.304. The van der Waals surface area contributed by atoms with Gasteiger partial charge in [0.05, 0.1) is 12.2 Å². The first kappa shape index (κ1) is 12.8. The summed E-state index contributed by atoms with van der Waals surface area (Å²) >= 11 is 0. The van der Waals surface area contributed by atoms with Crippen molar-refractivity contribution in [1.29, 1.82) is 0 Å². The summed E-state index contributed by atoms with van der Waals surface area (Å²) < 4.78 is 12.7. The first-order valence-electron chi connectivity index (χ1n) is 6.94. The molecule has 0 bridgehead atoms. The van der Waals surface area contributed by atoms with E-state index < -0.39 is 0 Å². The summed E-state index contributed by atoms with van der Waals surface area (Å²) in [6, 6.07) is 8.34. The van der Waals surface area contributed by atoms with Crippen LogP contribution in [-0.2, 0) is 6.54 Å². The fraction of sp³-hybridized carbons (Fsp3) is 0.400. The van der Waals surface area contributed by atoms with E-state index in [9.17, 15) is 0 Å². The molecule has 2 aromatic rings. The highest BCUT2D eigenvalue weighted by Gasteiger charge is 2.13. The minimum atomic E-state index is 0.304. The van der Waals surface area contributed by atoms with E-state index in [2.05, 4.69) is 24.3 Å². The van der Waals surface area contributed by atoms with Crippen LogP contribution in [0, 0.1) is 0 Å². The average Bonchev–Trinajstić information content (AvgIpc) is 3.12. The van der Waals surface area contributed by atoms with Gasteiger partial charge in [0.15, 0.2) is 11.5 Å². The first-order valence-corrected chi connectivity index (χ1v) is 6.94. The van der Waals surface area contributed by atoms with Crippen molar-refractivity contribution in [3.63, 3.8) is 0 Å². The lowest BCUT2D eigenvalue weighted by Crippen LogP contribution is -2.06. The summed E-state index contributed by atoms with van der Waals surface area (Å²) in [5, 5.41) is 7.92. The maximum atomic E-state index is 5.36. The van der Waals surface area contributed by atoms with Gasteiger partial charge in [-0.25, -0.2) is 0 Å². The van der Waals surface area contributed by atoms with Crippen LogP contribution in [0.2, 0.25) is 0 Å². The molecule has 1 aliphatic heterocycles. The fourth-order valence-corrected chi connectivity index (χ4v) is 2.10. The second kappa shape index (κ2) is 5.45. The Bertz CT molecular complexity index is 595. The van der Waals surface area contributed by atoms with Crippen molar-refractivity contribution in [2.24, 2.45) is 0 Å². The highest BCUT2D eigenvalue weighted by molar-refractivity contribution is 5.55. The molecule has 0 fully saturated rings. The molecule has 0 aliphatic carbocycles. The highest BCUT2D eigenvalue weighted by Crippen LogP contribution is 2.34. The van der Waals surface area contributed by atoms with Crippen molar-refractivity contribution >= 4 is 5.69 Å². The van der Waals surface area contributed by atoms with E-state index in [1.54, 1.807) is 0 Å². The van der Waals surface area contributed by atoms with Crippen molar-refractivity contribution in [2.75, 3.05) is 12.1 Å². The summed E-state index contributed by atoms with van der Waals surface area (Å²) in [6.07, 6.45) is 3.11. The maximum Gasteiger partial charge on any atom is 0.231 e. The number of hydrogen-bond acceptors (Lipinski definition) is 4. The number of nitrogens with zero attached hydrogens (tertiary/aromatic N) is 2. The standard InChI is InChI=1S/C15H19N3O2/c1-3-11(2)18-7-6-13(17-18)9-16-12-4-5-14-15(8-12)20-10-19-14/h4-8,11,16H,3,9-10H2,1-2H3. The van der Waals surface area contributed by atoms with Crippen LogP contribution >= 0.6 is 0 Å². The average molecular weight is 273 g/mol.